The quantitative estimate of drug-likeness (QED) is 0.499. The Morgan fingerprint density at radius 2 is 1.40 bits per heavy atom. The molecule has 0 aliphatic carbocycles. The van der Waals surface area contributed by atoms with E-state index < -0.39 is 11.9 Å². The fourth-order valence-corrected chi connectivity index (χ4v) is 1.12. The molecular formula is C11H16O4. The van der Waals surface area contributed by atoms with E-state index in [0.717, 1.165) is 12.5 Å². The van der Waals surface area contributed by atoms with Gasteiger partial charge in [-0.3, -0.25) is 9.59 Å². The van der Waals surface area contributed by atoms with Gasteiger partial charge in [0, 0.05) is 0 Å². The summed E-state index contributed by atoms with van der Waals surface area (Å²) in [6, 6.07) is 0. The Hall–Kier alpha value is -1.58. The summed E-state index contributed by atoms with van der Waals surface area (Å²) in [5.41, 5.74) is 0. The highest BCUT2D eigenvalue weighted by Crippen LogP contribution is 2.14. The second-order valence-electron chi connectivity index (χ2n) is 3.24. The first-order valence-electron chi connectivity index (χ1n) is 4.65. The number of carbonyl (C=O) groups is 2. The first-order chi connectivity index (χ1) is 7.02. The van der Waals surface area contributed by atoms with Gasteiger partial charge in [-0.05, 0) is 6.42 Å². The van der Waals surface area contributed by atoms with Crippen LogP contribution in [0.15, 0.2) is 25.7 Å². The van der Waals surface area contributed by atoms with Crippen molar-refractivity contribution in [2.24, 2.45) is 11.8 Å². The molecule has 0 rings (SSSR count). The van der Waals surface area contributed by atoms with E-state index in [9.17, 15) is 9.59 Å². The number of carbonyl (C=O) groups excluding carboxylic acids is 2. The normalized spacial score (nSPS) is 13.5. The van der Waals surface area contributed by atoms with Crippen LogP contribution >= 0.6 is 0 Å². The van der Waals surface area contributed by atoms with Crippen molar-refractivity contribution in [3.05, 3.63) is 25.7 Å². The van der Waals surface area contributed by atoms with Crippen LogP contribution in [0.1, 0.15) is 20.3 Å². The molecule has 2 unspecified atom stereocenters. The zero-order chi connectivity index (χ0) is 11.8. The van der Waals surface area contributed by atoms with Crippen LogP contribution in [-0.2, 0) is 19.1 Å². The number of hydrogen-bond acceptors (Lipinski definition) is 4. The van der Waals surface area contributed by atoms with E-state index in [1.807, 2.05) is 0 Å². The predicted octanol–water partition coefficient (Wildman–Crippen LogP) is 2.02. The van der Waals surface area contributed by atoms with Crippen LogP contribution in [0.25, 0.3) is 0 Å². The molecule has 0 aromatic carbocycles. The average Bonchev–Trinajstić information content (AvgIpc) is 2.18. The van der Waals surface area contributed by atoms with Crippen molar-refractivity contribution in [3.8, 4) is 0 Å². The van der Waals surface area contributed by atoms with Gasteiger partial charge in [0.2, 0.25) is 0 Å². The highest BCUT2D eigenvalue weighted by molar-refractivity contribution is 5.76. The molecule has 4 nitrogen and oxygen atoms in total. The van der Waals surface area contributed by atoms with Crippen LogP contribution in [0.3, 0.4) is 0 Å². The lowest BCUT2D eigenvalue weighted by atomic mass is 9.98. The highest BCUT2D eigenvalue weighted by Gasteiger charge is 2.22. The van der Waals surface area contributed by atoms with Crippen molar-refractivity contribution >= 4 is 11.9 Å². The van der Waals surface area contributed by atoms with Gasteiger partial charge in [0.15, 0.2) is 0 Å². The van der Waals surface area contributed by atoms with Gasteiger partial charge in [-0.25, -0.2) is 0 Å². The predicted molar refractivity (Wildman–Crippen MR) is 55.5 cm³/mol. The largest absolute Gasteiger partial charge is 0.435 e. The Morgan fingerprint density at radius 1 is 1.07 bits per heavy atom. The molecule has 4 heteroatoms. The second-order valence-corrected chi connectivity index (χ2v) is 3.24. The molecule has 0 saturated carbocycles. The summed E-state index contributed by atoms with van der Waals surface area (Å²) in [5.74, 6) is -1.53. The summed E-state index contributed by atoms with van der Waals surface area (Å²) in [7, 11) is 0. The standard InChI is InChI=1S/C11H16O4/c1-5-14-10(12)8(3)7-9(4)11(13)15-6-2/h5-6,8-9H,1-2,7H2,3-4H3. The van der Waals surface area contributed by atoms with Crippen LogP contribution in [0, 0.1) is 11.8 Å². The van der Waals surface area contributed by atoms with E-state index in [1.165, 1.54) is 0 Å². The van der Waals surface area contributed by atoms with Crippen molar-refractivity contribution in [1.82, 2.24) is 0 Å². The summed E-state index contributed by atoms with van der Waals surface area (Å²) in [5, 5.41) is 0. The summed E-state index contributed by atoms with van der Waals surface area (Å²) >= 11 is 0. The molecule has 0 radical (unpaired) electrons. The van der Waals surface area contributed by atoms with E-state index in [1.54, 1.807) is 13.8 Å². The Labute approximate surface area is 89.6 Å². The molecule has 0 amide bonds. The van der Waals surface area contributed by atoms with Gasteiger partial charge in [0.25, 0.3) is 0 Å². The first kappa shape index (κ1) is 13.4. The Morgan fingerprint density at radius 3 is 1.67 bits per heavy atom. The van der Waals surface area contributed by atoms with Crippen molar-refractivity contribution in [2.75, 3.05) is 0 Å². The average molecular weight is 212 g/mol. The highest BCUT2D eigenvalue weighted by atomic mass is 16.5. The zero-order valence-electron chi connectivity index (χ0n) is 9.06. The Bertz CT molecular complexity index is 231. The van der Waals surface area contributed by atoms with Gasteiger partial charge in [-0.2, -0.15) is 0 Å². The fraction of sp³-hybridized carbons (Fsp3) is 0.455. The maximum Gasteiger partial charge on any atom is 0.313 e. The summed E-state index contributed by atoms with van der Waals surface area (Å²) < 4.78 is 9.19. The molecule has 0 N–H and O–H groups in total. The minimum absolute atomic E-state index is 0.365. The number of esters is 2. The van der Waals surface area contributed by atoms with Crippen molar-refractivity contribution in [3.63, 3.8) is 0 Å². The smallest absolute Gasteiger partial charge is 0.313 e. The van der Waals surface area contributed by atoms with Crippen LogP contribution in [0.4, 0.5) is 0 Å². The maximum absolute atomic E-state index is 11.2. The SMILES string of the molecule is C=COC(=O)C(C)CC(C)C(=O)OC=C. The van der Waals surface area contributed by atoms with Crippen molar-refractivity contribution in [2.45, 2.75) is 20.3 Å². The zero-order valence-corrected chi connectivity index (χ0v) is 9.06. The summed E-state index contributed by atoms with van der Waals surface area (Å²) in [6.45, 7) is 9.93. The van der Waals surface area contributed by atoms with E-state index in [2.05, 4.69) is 22.6 Å². The summed E-state index contributed by atoms with van der Waals surface area (Å²) in [4.78, 5) is 22.4. The van der Waals surface area contributed by atoms with Crippen LogP contribution in [0.2, 0.25) is 0 Å². The third-order valence-electron chi connectivity index (χ3n) is 1.91. The molecule has 0 fully saturated rings. The van der Waals surface area contributed by atoms with Crippen LogP contribution in [-0.4, -0.2) is 11.9 Å². The molecule has 15 heavy (non-hydrogen) atoms. The molecule has 0 aromatic rings. The number of hydrogen-bond donors (Lipinski definition) is 0. The second kappa shape index (κ2) is 6.81. The lowest BCUT2D eigenvalue weighted by Crippen LogP contribution is -2.20. The van der Waals surface area contributed by atoms with Gasteiger partial charge < -0.3 is 9.47 Å². The Balaban J connectivity index is 4.10. The van der Waals surface area contributed by atoms with Crippen LogP contribution in [0.5, 0.6) is 0 Å². The van der Waals surface area contributed by atoms with Gasteiger partial charge in [-0.15, -0.1) is 0 Å². The lowest BCUT2D eigenvalue weighted by molar-refractivity contribution is -0.145. The molecular weight excluding hydrogens is 196 g/mol. The monoisotopic (exact) mass is 212 g/mol. The van der Waals surface area contributed by atoms with Crippen LogP contribution < -0.4 is 0 Å². The minimum Gasteiger partial charge on any atom is -0.435 e. The molecule has 0 spiro atoms. The van der Waals surface area contributed by atoms with E-state index in [0.29, 0.717) is 6.42 Å². The lowest BCUT2D eigenvalue weighted by Gasteiger charge is -2.13. The Kier molecular flexibility index (Phi) is 6.09. The van der Waals surface area contributed by atoms with Crippen molar-refractivity contribution < 1.29 is 19.1 Å². The maximum atomic E-state index is 11.2. The van der Waals surface area contributed by atoms with E-state index >= 15 is 0 Å². The van der Waals surface area contributed by atoms with Gasteiger partial charge in [0.05, 0.1) is 24.4 Å². The number of ether oxygens (including phenoxy) is 2. The summed E-state index contributed by atoms with van der Waals surface area (Å²) in [6.07, 6.45) is 2.52. The fourth-order valence-electron chi connectivity index (χ4n) is 1.12. The van der Waals surface area contributed by atoms with Gasteiger partial charge >= 0.3 is 11.9 Å². The first-order valence-corrected chi connectivity index (χ1v) is 4.65. The van der Waals surface area contributed by atoms with E-state index in [4.69, 9.17) is 0 Å². The molecule has 0 aliphatic heterocycles. The van der Waals surface area contributed by atoms with E-state index in [-0.39, 0.29) is 11.8 Å². The molecule has 0 heterocycles. The third kappa shape index (κ3) is 5.00. The molecule has 0 aliphatic rings. The molecule has 2 atom stereocenters. The molecule has 84 valence electrons. The van der Waals surface area contributed by atoms with Gasteiger partial charge in [-0.1, -0.05) is 27.0 Å². The van der Waals surface area contributed by atoms with Gasteiger partial charge in [0.1, 0.15) is 0 Å². The topological polar surface area (TPSA) is 52.6 Å². The minimum atomic E-state index is -0.400. The third-order valence-corrected chi connectivity index (χ3v) is 1.91. The molecule has 0 bridgehead atoms. The molecule has 0 saturated heterocycles. The number of rotatable bonds is 6. The van der Waals surface area contributed by atoms with Crippen molar-refractivity contribution in [1.29, 1.82) is 0 Å². The molecule has 0 aromatic heterocycles.